The first-order chi connectivity index (χ1) is 9.70. The molecule has 2 unspecified atom stereocenters. The highest BCUT2D eigenvalue weighted by atomic mass is 16.5. The van der Waals surface area contributed by atoms with E-state index in [0.717, 1.165) is 31.9 Å². The van der Waals surface area contributed by atoms with E-state index in [0.29, 0.717) is 12.6 Å². The maximum atomic E-state index is 5.93. The zero-order valence-electron chi connectivity index (χ0n) is 12.3. The van der Waals surface area contributed by atoms with Crippen molar-refractivity contribution >= 4 is 0 Å². The van der Waals surface area contributed by atoms with Crippen LogP contribution in [0.5, 0.6) is 5.75 Å². The number of rotatable bonds is 3. The molecule has 2 aliphatic rings. The third kappa shape index (κ3) is 2.43. The Labute approximate surface area is 120 Å². The fourth-order valence-electron chi connectivity index (χ4n) is 3.33. The molecule has 2 atom stereocenters. The van der Waals surface area contributed by atoms with Gasteiger partial charge >= 0.3 is 0 Å². The number of morpholine rings is 1. The molecule has 0 bridgehead atoms. The summed E-state index contributed by atoms with van der Waals surface area (Å²) >= 11 is 0. The molecule has 1 fully saturated rings. The number of hydrogen-bond acceptors (Lipinski definition) is 4. The van der Waals surface area contributed by atoms with E-state index in [2.05, 4.69) is 36.9 Å². The topological polar surface area (TPSA) is 47.7 Å². The molecule has 2 aliphatic heterocycles. The standard InChI is InChI=1S/C16H24N2O2/c1-11(2)18-6-8-20-15(10-17)16(18)13-3-4-14-12(9-13)5-7-19-14/h3-4,9,11,15-16H,5-8,10,17H2,1-2H3. The van der Waals surface area contributed by atoms with Crippen molar-refractivity contribution in [2.45, 2.75) is 38.5 Å². The molecule has 0 saturated carbocycles. The largest absolute Gasteiger partial charge is 0.493 e. The number of hydrogen-bond donors (Lipinski definition) is 1. The van der Waals surface area contributed by atoms with Gasteiger partial charge in [0.2, 0.25) is 0 Å². The molecule has 2 heterocycles. The lowest BCUT2D eigenvalue weighted by Crippen LogP contribution is -2.50. The number of nitrogens with two attached hydrogens (primary N) is 1. The molecule has 4 heteroatoms. The van der Waals surface area contributed by atoms with Crippen molar-refractivity contribution in [3.05, 3.63) is 29.3 Å². The molecular weight excluding hydrogens is 252 g/mol. The van der Waals surface area contributed by atoms with Crippen LogP contribution in [0.3, 0.4) is 0 Å². The molecule has 110 valence electrons. The van der Waals surface area contributed by atoms with Crippen LogP contribution in [0.1, 0.15) is 31.0 Å². The van der Waals surface area contributed by atoms with Crippen LogP contribution < -0.4 is 10.5 Å². The Kier molecular flexibility index (Phi) is 3.96. The van der Waals surface area contributed by atoms with Crippen LogP contribution >= 0.6 is 0 Å². The first-order valence-corrected chi connectivity index (χ1v) is 7.53. The van der Waals surface area contributed by atoms with Crippen LogP contribution in [0.2, 0.25) is 0 Å². The highest BCUT2D eigenvalue weighted by molar-refractivity contribution is 5.41. The molecule has 20 heavy (non-hydrogen) atoms. The lowest BCUT2D eigenvalue weighted by molar-refractivity contribution is -0.0789. The van der Waals surface area contributed by atoms with E-state index in [1.54, 1.807) is 0 Å². The Morgan fingerprint density at radius 3 is 2.95 bits per heavy atom. The maximum absolute atomic E-state index is 5.93. The van der Waals surface area contributed by atoms with Crippen LogP contribution in [-0.4, -0.2) is 43.3 Å². The molecule has 3 rings (SSSR count). The summed E-state index contributed by atoms with van der Waals surface area (Å²) in [6.07, 6.45) is 1.08. The van der Waals surface area contributed by atoms with E-state index in [1.165, 1.54) is 11.1 Å². The zero-order chi connectivity index (χ0) is 14.1. The number of benzene rings is 1. The summed E-state index contributed by atoms with van der Waals surface area (Å²) in [5.74, 6) is 1.03. The highest BCUT2D eigenvalue weighted by Gasteiger charge is 2.34. The second kappa shape index (κ2) is 5.72. The molecule has 0 spiro atoms. The molecule has 0 radical (unpaired) electrons. The summed E-state index contributed by atoms with van der Waals surface area (Å²) in [5, 5.41) is 0. The molecule has 4 nitrogen and oxygen atoms in total. The summed E-state index contributed by atoms with van der Waals surface area (Å²) in [6.45, 7) is 7.57. The van der Waals surface area contributed by atoms with E-state index >= 15 is 0 Å². The lowest BCUT2D eigenvalue weighted by atomic mass is 9.94. The van der Waals surface area contributed by atoms with Crippen molar-refractivity contribution < 1.29 is 9.47 Å². The van der Waals surface area contributed by atoms with E-state index < -0.39 is 0 Å². The van der Waals surface area contributed by atoms with Gasteiger partial charge in [-0.1, -0.05) is 12.1 Å². The number of ether oxygens (including phenoxy) is 2. The van der Waals surface area contributed by atoms with E-state index in [4.69, 9.17) is 15.2 Å². The van der Waals surface area contributed by atoms with Gasteiger partial charge in [-0.3, -0.25) is 4.90 Å². The van der Waals surface area contributed by atoms with Crippen LogP contribution in [0, 0.1) is 0 Å². The van der Waals surface area contributed by atoms with Gasteiger partial charge in [-0.15, -0.1) is 0 Å². The fraction of sp³-hybridized carbons (Fsp3) is 0.625. The Morgan fingerprint density at radius 1 is 1.35 bits per heavy atom. The van der Waals surface area contributed by atoms with E-state index in [1.807, 2.05) is 0 Å². The van der Waals surface area contributed by atoms with E-state index in [-0.39, 0.29) is 12.1 Å². The van der Waals surface area contributed by atoms with E-state index in [9.17, 15) is 0 Å². The Balaban J connectivity index is 1.94. The molecule has 2 N–H and O–H groups in total. The van der Waals surface area contributed by atoms with Crippen molar-refractivity contribution in [1.82, 2.24) is 4.90 Å². The SMILES string of the molecule is CC(C)N1CCOC(CN)C1c1ccc2c(c1)CCO2. The maximum Gasteiger partial charge on any atom is 0.122 e. The Morgan fingerprint density at radius 2 is 2.20 bits per heavy atom. The minimum Gasteiger partial charge on any atom is -0.493 e. The first-order valence-electron chi connectivity index (χ1n) is 7.53. The predicted octanol–water partition coefficient (Wildman–Crippen LogP) is 1.73. The number of fused-ring (bicyclic) bond motifs is 1. The fourth-order valence-corrected chi connectivity index (χ4v) is 3.33. The van der Waals surface area contributed by atoms with Crippen molar-refractivity contribution in [3.63, 3.8) is 0 Å². The van der Waals surface area contributed by atoms with Crippen molar-refractivity contribution in [2.75, 3.05) is 26.3 Å². The van der Waals surface area contributed by atoms with Crippen LogP contribution in [0.25, 0.3) is 0 Å². The average molecular weight is 276 g/mol. The second-order valence-corrected chi connectivity index (χ2v) is 5.89. The average Bonchev–Trinajstić information content (AvgIpc) is 2.93. The van der Waals surface area contributed by atoms with Gasteiger partial charge in [0.25, 0.3) is 0 Å². The summed E-state index contributed by atoms with van der Waals surface area (Å²) in [7, 11) is 0. The summed E-state index contributed by atoms with van der Waals surface area (Å²) < 4.78 is 11.5. The minimum absolute atomic E-state index is 0.0755. The van der Waals surface area contributed by atoms with Crippen molar-refractivity contribution in [2.24, 2.45) is 5.73 Å². The van der Waals surface area contributed by atoms with Crippen LogP contribution in [-0.2, 0) is 11.2 Å². The van der Waals surface area contributed by atoms with Crippen molar-refractivity contribution in [1.29, 1.82) is 0 Å². The van der Waals surface area contributed by atoms with Crippen LogP contribution in [0.15, 0.2) is 18.2 Å². The van der Waals surface area contributed by atoms with Crippen LogP contribution in [0.4, 0.5) is 0 Å². The van der Waals surface area contributed by atoms with Gasteiger partial charge in [0.1, 0.15) is 5.75 Å². The third-order valence-electron chi connectivity index (χ3n) is 4.34. The monoisotopic (exact) mass is 276 g/mol. The summed E-state index contributed by atoms with van der Waals surface area (Å²) in [6, 6.07) is 7.28. The highest BCUT2D eigenvalue weighted by Crippen LogP contribution is 2.35. The molecule has 0 amide bonds. The summed E-state index contributed by atoms with van der Waals surface area (Å²) in [4.78, 5) is 2.50. The first kappa shape index (κ1) is 13.9. The molecule has 1 aromatic carbocycles. The third-order valence-corrected chi connectivity index (χ3v) is 4.34. The van der Waals surface area contributed by atoms with Gasteiger partial charge in [-0.05, 0) is 31.0 Å². The lowest BCUT2D eigenvalue weighted by Gasteiger charge is -2.43. The predicted molar refractivity (Wildman–Crippen MR) is 79.0 cm³/mol. The molecule has 1 aromatic rings. The van der Waals surface area contributed by atoms with Gasteiger partial charge < -0.3 is 15.2 Å². The molecule has 0 aromatic heterocycles. The van der Waals surface area contributed by atoms with Gasteiger partial charge in [0, 0.05) is 25.6 Å². The molecular formula is C16H24N2O2. The second-order valence-electron chi connectivity index (χ2n) is 5.89. The molecule has 0 aliphatic carbocycles. The van der Waals surface area contributed by atoms with Gasteiger partial charge in [-0.25, -0.2) is 0 Å². The minimum atomic E-state index is 0.0755. The van der Waals surface area contributed by atoms with Gasteiger partial charge in [-0.2, -0.15) is 0 Å². The van der Waals surface area contributed by atoms with Crippen molar-refractivity contribution in [3.8, 4) is 5.75 Å². The smallest absolute Gasteiger partial charge is 0.122 e. The van der Waals surface area contributed by atoms with Gasteiger partial charge in [0.15, 0.2) is 0 Å². The number of nitrogens with zero attached hydrogens (tertiary/aromatic N) is 1. The molecule has 1 saturated heterocycles. The Bertz CT molecular complexity index is 476. The quantitative estimate of drug-likeness (QED) is 0.913. The summed E-state index contributed by atoms with van der Waals surface area (Å²) in [5.41, 5.74) is 8.55. The Hall–Kier alpha value is -1.10. The van der Waals surface area contributed by atoms with Gasteiger partial charge in [0.05, 0.1) is 25.4 Å². The normalized spacial score (nSPS) is 26.6. The zero-order valence-corrected chi connectivity index (χ0v) is 12.3.